The fraction of sp³-hybridized carbons (Fsp3) is 0.636. The number of aliphatic imine (C=N–C) groups is 1. The first-order valence-corrected chi connectivity index (χ1v) is 11.0. The highest BCUT2D eigenvalue weighted by Crippen LogP contribution is 2.16. The number of benzene rings is 1. The summed E-state index contributed by atoms with van der Waals surface area (Å²) in [4.78, 5) is 15.4. The summed E-state index contributed by atoms with van der Waals surface area (Å²) in [6, 6.07) is 8.92. The van der Waals surface area contributed by atoms with Crippen molar-refractivity contribution in [3.8, 4) is 0 Å². The molecule has 0 aliphatic carbocycles. The Morgan fingerprint density at radius 2 is 2.14 bits per heavy atom. The number of likely N-dealkylation sites (tertiary alicyclic amines) is 1. The molecule has 3 rings (SSSR count). The lowest BCUT2D eigenvalue weighted by Crippen LogP contribution is -2.41. The van der Waals surface area contributed by atoms with Gasteiger partial charge in [0, 0.05) is 38.6 Å². The standard InChI is InChI=1S/C22H36N6/c1-3-23-22(25-15-9-17-28-16-7-6-10-18(28)2)24-14-8-13-21-26-19-11-4-5-12-20(19)27-21/h4-5,11-12,18H,3,6-10,13-17H2,1-2H3,(H,26,27)(H2,23,24,25). The molecule has 0 saturated carbocycles. The molecular weight excluding hydrogens is 348 g/mol. The number of nitrogens with zero attached hydrogens (tertiary/aromatic N) is 3. The van der Waals surface area contributed by atoms with E-state index in [9.17, 15) is 0 Å². The molecular formula is C22H36N6. The Morgan fingerprint density at radius 3 is 2.96 bits per heavy atom. The average molecular weight is 385 g/mol. The molecule has 1 saturated heterocycles. The van der Waals surface area contributed by atoms with Crippen LogP contribution in [0.2, 0.25) is 0 Å². The van der Waals surface area contributed by atoms with Crippen molar-refractivity contribution >= 4 is 17.0 Å². The second-order valence-electron chi connectivity index (χ2n) is 7.73. The van der Waals surface area contributed by atoms with Crippen LogP contribution in [0.3, 0.4) is 0 Å². The molecule has 0 bridgehead atoms. The number of guanidine groups is 1. The molecule has 2 aromatic rings. The van der Waals surface area contributed by atoms with E-state index in [-0.39, 0.29) is 0 Å². The van der Waals surface area contributed by atoms with E-state index in [1.165, 1.54) is 32.4 Å². The highest BCUT2D eigenvalue weighted by molar-refractivity contribution is 5.79. The molecule has 2 heterocycles. The van der Waals surface area contributed by atoms with Gasteiger partial charge in [-0.25, -0.2) is 4.98 Å². The number of piperidine rings is 1. The molecule has 1 aliphatic rings. The minimum atomic E-state index is 0.744. The smallest absolute Gasteiger partial charge is 0.191 e. The highest BCUT2D eigenvalue weighted by Gasteiger charge is 2.17. The Balaban J connectivity index is 1.37. The van der Waals surface area contributed by atoms with Gasteiger partial charge in [-0.2, -0.15) is 0 Å². The average Bonchev–Trinajstić information content (AvgIpc) is 3.12. The van der Waals surface area contributed by atoms with Crippen molar-refractivity contribution in [3.63, 3.8) is 0 Å². The Bertz CT molecular complexity index is 704. The second-order valence-corrected chi connectivity index (χ2v) is 7.73. The maximum Gasteiger partial charge on any atom is 0.191 e. The van der Waals surface area contributed by atoms with Crippen LogP contribution in [0, 0.1) is 0 Å². The van der Waals surface area contributed by atoms with Crippen molar-refractivity contribution in [2.45, 2.75) is 58.4 Å². The first-order chi connectivity index (χ1) is 13.8. The van der Waals surface area contributed by atoms with Gasteiger partial charge in [-0.05, 0) is 58.2 Å². The van der Waals surface area contributed by atoms with Crippen LogP contribution in [0.1, 0.15) is 51.8 Å². The van der Waals surface area contributed by atoms with E-state index >= 15 is 0 Å². The molecule has 1 fully saturated rings. The molecule has 28 heavy (non-hydrogen) atoms. The largest absolute Gasteiger partial charge is 0.357 e. The zero-order chi connectivity index (χ0) is 19.6. The van der Waals surface area contributed by atoms with Gasteiger partial charge in [-0.1, -0.05) is 18.6 Å². The van der Waals surface area contributed by atoms with Gasteiger partial charge >= 0.3 is 0 Å². The van der Waals surface area contributed by atoms with E-state index < -0.39 is 0 Å². The Labute approximate surface area is 169 Å². The van der Waals surface area contributed by atoms with E-state index in [1.54, 1.807) is 0 Å². The van der Waals surface area contributed by atoms with Crippen molar-refractivity contribution in [2.75, 3.05) is 32.7 Å². The van der Waals surface area contributed by atoms with Crippen LogP contribution in [-0.2, 0) is 6.42 Å². The molecule has 0 spiro atoms. The normalized spacial score (nSPS) is 18.5. The molecule has 6 nitrogen and oxygen atoms in total. The van der Waals surface area contributed by atoms with E-state index in [2.05, 4.69) is 45.4 Å². The van der Waals surface area contributed by atoms with Crippen LogP contribution in [0.4, 0.5) is 0 Å². The summed E-state index contributed by atoms with van der Waals surface area (Å²) < 4.78 is 0. The Morgan fingerprint density at radius 1 is 1.25 bits per heavy atom. The van der Waals surface area contributed by atoms with Crippen LogP contribution in [0.25, 0.3) is 11.0 Å². The first-order valence-electron chi connectivity index (χ1n) is 11.0. The third-order valence-electron chi connectivity index (χ3n) is 5.48. The van der Waals surface area contributed by atoms with Crippen LogP contribution < -0.4 is 10.6 Å². The molecule has 0 radical (unpaired) electrons. The summed E-state index contributed by atoms with van der Waals surface area (Å²) in [5, 5.41) is 6.84. The lowest BCUT2D eigenvalue weighted by molar-refractivity contribution is 0.159. The highest BCUT2D eigenvalue weighted by atomic mass is 15.2. The molecule has 154 valence electrons. The lowest BCUT2D eigenvalue weighted by atomic mass is 10.0. The number of hydrogen-bond acceptors (Lipinski definition) is 3. The van der Waals surface area contributed by atoms with E-state index in [0.29, 0.717) is 0 Å². The van der Waals surface area contributed by atoms with Crippen LogP contribution in [-0.4, -0.2) is 59.6 Å². The SMILES string of the molecule is CCNC(=NCCCc1nc2ccccc2[nH]1)NCCCN1CCCCC1C. The maximum absolute atomic E-state index is 4.72. The summed E-state index contributed by atoms with van der Waals surface area (Å²) in [5.41, 5.74) is 2.15. The first kappa shape index (κ1) is 20.6. The van der Waals surface area contributed by atoms with Crippen molar-refractivity contribution < 1.29 is 0 Å². The summed E-state index contributed by atoms with van der Waals surface area (Å²) in [6.45, 7) is 9.57. The zero-order valence-corrected chi connectivity index (χ0v) is 17.5. The van der Waals surface area contributed by atoms with Gasteiger partial charge in [0.05, 0.1) is 11.0 Å². The summed E-state index contributed by atoms with van der Waals surface area (Å²) in [6.07, 6.45) is 7.16. The van der Waals surface area contributed by atoms with E-state index in [4.69, 9.17) is 4.99 Å². The molecule has 0 amide bonds. The Hall–Kier alpha value is -2.08. The number of hydrogen-bond donors (Lipinski definition) is 3. The maximum atomic E-state index is 4.72. The third kappa shape index (κ3) is 6.23. The quantitative estimate of drug-likeness (QED) is 0.352. The zero-order valence-electron chi connectivity index (χ0n) is 17.5. The number of nitrogens with one attached hydrogen (secondary N) is 3. The lowest BCUT2D eigenvalue weighted by Gasteiger charge is -2.33. The van der Waals surface area contributed by atoms with Crippen molar-refractivity contribution in [1.29, 1.82) is 0 Å². The third-order valence-corrected chi connectivity index (χ3v) is 5.48. The topological polar surface area (TPSA) is 68.3 Å². The predicted molar refractivity (Wildman–Crippen MR) is 118 cm³/mol. The summed E-state index contributed by atoms with van der Waals surface area (Å²) in [7, 11) is 0. The van der Waals surface area contributed by atoms with Gasteiger partial charge in [-0.15, -0.1) is 0 Å². The van der Waals surface area contributed by atoms with Gasteiger partial charge < -0.3 is 20.5 Å². The monoisotopic (exact) mass is 384 g/mol. The predicted octanol–water partition coefficient (Wildman–Crippen LogP) is 3.32. The number of imidazole rings is 1. The minimum Gasteiger partial charge on any atom is -0.357 e. The van der Waals surface area contributed by atoms with E-state index in [1.807, 2.05) is 18.2 Å². The fourth-order valence-corrected chi connectivity index (χ4v) is 3.88. The number of aryl methyl sites for hydroxylation is 1. The number of rotatable bonds is 9. The van der Waals surface area contributed by atoms with Crippen molar-refractivity contribution in [3.05, 3.63) is 30.1 Å². The molecule has 1 aliphatic heterocycles. The van der Waals surface area contributed by atoms with Gasteiger partial charge in [0.15, 0.2) is 5.96 Å². The molecule has 3 N–H and O–H groups in total. The van der Waals surface area contributed by atoms with Crippen molar-refractivity contribution in [2.24, 2.45) is 4.99 Å². The minimum absolute atomic E-state index is 0.744. The summed E-state index contributed by atoms with van der Waals surface area (Å²) >= 11 is 0. The Kier molecular flexibility index (Phi) is 8.15. The van der Waals surface area contributed by atoms with Crippen LogP contribution >= 0.6 is 0 Å². The van der Waals surface area contributed by atoms with Crippen molar-refractivity contribution in [1.82, 2.24) is 25.5 Å². The molecule has 1 atom stereocenters. The summed E-state index contributed by atoms with van der Waals surface area (Å²) in [5.74, 6) is 1.98. The number of para-hydroxylation sites is 2. The second kappa shape index (κ2) is 11.1. The van der Waals surface area contributed by atoms with Gasteiger partial charge in [0.2, 0.25) is 0 Å². The molecule has 6 heteroatoms. The number of aromatic nitrogens is 2. The van der Waals surface area contributed by atoms with Gasteiger partial charge in [0.1, 0.15) is 5.82 Å². The molecule has 1 unspecified atom stereocenters. The van der Waals surface area contributed by atoms with Gasteiger partial charge in [-0.3, -0.25) is 4.99 Å². The number of H-pyrrole nitrogens is 1. The fourth-order valence-electron chi connectivity index (χ4n) is 3.88. The van der Waals surface area contributed by atoms with E-state index in [0.717, 1.165) is 67.8 Å². The number of aromatic amines is 1. The van der Waals surface area contributed by atoms with Gasteiger partial charge in [0.25, 0.3) is 0 Å². The number of fused-ring (bicyclic) bond motifs is 1. The van der Waals surface area contributed by atoms with Crippen LogP contribution in [0.15, 0.2) is 29.3 Å². The molecule has 1 aromatic heterocycles. The molecule has 1 aromatic carbocycles. The van der Waals surface area contributed by atoms with Crippen LogP contribution in [0.5, 0.6) is 0 Å².